The number of carbonyl (C=O) groups is 1. The van der Waals surface area contributed by atoms with E-state index in [1.54, 1.807) is 18.5 Å². The zero-order valence-electron chi connectivity index (χ0n) is 15.8. The lowest BCUT2D eigenvalue weighted by molar-refractivity contribution is 0.0600. The molecule has 0 saturated carbocycles. The minimum atomic E-state index is -0.401. The van der Waals surface area contributed by atoms with Crippen molar-refractivity contribution in [1.29, 1.82) is 0 Å². The lowest BCUT2D eigenvalue weighted by Crippen LogP contribution is -2.35. The third-order valence-electron chi connectivity index (χ3n) is 5.08. The van der Waals surface area contributed by atoms with Gasteiger partial charge in [-0.15, -0.1) is 0 Å². The van der Waals surface area contributed by atoms with Crippen LogP contribution in [0.25, 0.3) is 0 Å². The SMILES string of the molecule is COC(=O)c1ccc(Nc2ncnc3c2CCN(CC2C=CC=CC2)C3)nc1. The van der Waals surface area contributed by atoms with Gasteiger partial charge in [0.25, 0.3) is 0 Å². The molecule has 7 heteroatoms. The Balaban J connectivity index is 1.44. The van der Waals surface area contributed by atoms with Crippen LogP contribution in [0.1, 0.15) is 28.0 Å². The molecule has 4 rings (SSSR count). The number of carbonyl (C=O) groups excluding carboxylic acids is 1. The van der Waals surface area contributed by atoms with Crippen LogP contribution in [0.15, 0.2) is 49.0 Å². The molecule has 1 aliphatic heterocycles. The maximum Gasteiger partial charge on any atom is 0.339 e. The van der Waals surface area contributed by atoms with Crippen molar-refractivity contribution in [1.82, 2.24) is 19.9 Å². The highest BCUT2D eigenvalue weighted by molar-refractivity contribution is 5.89. The van der Waals surface area contributed by atoms with Crippen LogP contribution in [0.5, 0.6) is 0 Å². The van der Waals surface area contributed by atoms with Gasteiger partial charge in [0.1, 0.15) is 18.0 Å². The largest absolute Gasteiger partial charge is 0.465 e. The molecule has 144 valence electrons. The molecule has 0 spiro atoms. The van der Waals surface area contributed by atoms with Gasteiger partial charge < -0.3 is 10.1 Å². The average Bonchev–Trinajstić information content (AvgIpc) is 2.74. The normalized spacial score (nSPS) is 18.5. The first kappa shape index (κ1) is 18.3. The summed E-state index contributed by atoms with van der Waals surface area (Å²) in [6, 6.07) is 3.43. The molecular weight excluding hydrogens is 354 g/mol. The maximum atomic E-state index is 11.5. The Labute approximate surface area is 164 Å². The first-order valence-corrected chi connectivity index (χ1v) is 9.43. The van der Waals surface area contributed by atoms with Crippen molar-refractivity contribution in [2.45, 2.75) is 19.4 Å². The molecule has 2 aliphatic rings. The van der Waals surface area contributed by atoms with Crippen molar-refractivity contribution in [2.75, 3.05) is 25.5 Å². The Morgan fingerprint density at radius 3 is 2.96 bits per heavy atom. The predicted molar refractivity (Wildman–Crippen MR) is 106 cm³/mol. The Morgan fingerprint density at radius 2 is 2.21 bits per heavy atom. The van der Waals surface area contributed by atoms with Crippen LogP contribution < -0.4 is 5.32 Å². The number of aromatic nitrogens is 3. The number of hydrogen-bond donors (Lipinski definition) is 1. The fraction of sp³-hybridized carbons (Fsp3) is 0.333. The van der Waals surface area contributed by atoms with Gasteiger partial charge in [-0.3, -0.25) is 4.90 Å². The van der Waals surface area contributed by atoms with E-state index in [9.17, 15) is 4.79 Å². The first-order chi connectivity index (χ1) is 13.7. The van der Waals surface area contributed by atoms with Crippen molar-refractivity contribution in [3.8, 4) is 0 Å². The molecule has 2 aromatic heterocycles. The molecule has 2 aromatic rings. The molecule has 0 radical (unpaired) electrons. The van der Waals surface area contributed by atoms with Crippen LogP contribution in [-0.2, 0) is 17.7 Å². The van der Waals surface area contributed by atoms with E-state index < -0.39 is 5.97 Å². The predicted octanol–water partition coefficient (Wildman–Crippen LogP) is 2.89. The Morgan fingerprint density at radius 1 is 1.29 bits per heavy atom. The van der Waals surface area contributed by atoms with E-state index in [1.807, 2.05) is 0 Å². The van der Waals surface area contributed by atoms with E-state index >= 15 is 0 Å². The van der Waals surface area contributed by atoms with Crippen LogP contribution in [0.4, 0.5) is 11.6 Å². The van der Waals surface area contributed by atoms with Gasteiger partial charge in [-0.2, -0.15) is 0 Å². The Hall–Kier alpha value is -3.06. The first-order valence-electron chi connectivity index (χ1n) is 9.43. The van der Waals surface area contributed by atoms with Crippen molar-refractivity contribution in [3.05, 3.63) is 65.8 Å². The van der Waals surface area contributed by atoms with Gasteiger partial charge in [-0.05, 0) is 30.9 Å². The van der Waals surface area contributed by atoms with Gasteiger partial charge in [0.05, 0.1) is 18.4 Å². The summed E-state index contributed by atoms with van der Waals surface area (Å²) in [5.41, 5.74) is 2.61. The molecule has 0 saturated heterocycles. The van der Waals surface area contributed by atoms with E-state index in [0.29, 0.717) is 17.3 Å². The summed E-state index contributed by atoms with van der Waals surface area (Å²) in [5.74, 6) is 1.59. The summed E-state index contributed by atoms with van der Waals surface area (Å²) < 4.78 is 4.70. The van der Waals surface area contributed by atoms with Gasteiger partial charge in [-0.25, -0.2) is 19.7 Å². The molecule has 1 N–H and O–H groups in total. The van der Waals surface area contributed by atoms with E-state index in [2.05, 4.69) is 49.5 Å². The zero-order valence-corrected chi connectivity index (χ0v) is 15.8. The Bertz CT molecular complexity index is 908. The van der Waals surface area contributed by atoms with E-state index in [0.717, 1.165) is 49.6 Å². The molecular formula is C21H23N5O2. The summed E-state index contributed by atoms with van der Waals surface area (Å²) in [5, 5.41) is 3.26. The third kappa shape index (κ3) is 4.09. The number of nitrogens with zero attached hydrogens (tertiary/aromatic N) is 4. The van der Waals surface area contributed by atoms with E-state index in [4.69, 9.17) is 4.74 Å². The molecule has 0 aromatic carbocycles. The topological polar surface area (TPSA) is 80.2 Å². The number of fused-ring (bicyclic) bond motifs is 1. The highest BCUT2D eigenvalue weighted by Crippen LogP contribution is 2.26. The van der Waals surface area contributed by atoms with Gasteiger partial charge in [0.2, 0.25) is 0 Å². The fourth-order valence-corrected chi connectivity index (χ4v) is 3.60. The van der Waals surface area contributed by atoms with Crippen LogP contribution in [0.3, 0.4) is 0 Å². The summed E-state index contributed by atoms with van der Waals surface area (Å²) in [6.07, 6.45) is 13.8. The summed E-state index contributed by atoms with van der Waals surface area (Å²) >= 11 is 0. The Kier molecular flexibility index (Phi) is 5.43. The number of methoxy groups -OCH3 is 1. The molecule has 0 bridgehead atoms. The number of pyridine rings is 1. The number of nitrogens with one attached hydrogen (secondary N) is 1. The maximum absolute atomic E-state index is 11.5. The van der Waals surface area contributed by atoms with Crippen LogP contribution in [0.2, 0.25) is 0 Å². The van der Waals surface area contributed by atoms with Crippen LogP contribution in [0, 0.1) is 5.92 Å². The molecule has 28 heavy (non-hydrogen) atoms. The number of ether oxygens (including phenoxy) is 1. The number of rotatable bonds is 5. The summed E-state index contributed by atoms with van der Waals surface area (Å²) in [7, 11) is 1.35. The van der Waals surface area contributed by atoms with Gasteiger partial charge in [0.15, 0.2) is 0 Å². The van der Waals surface area contributed by atoms with E-state index in [1.165, 1.54) is 13.3 Å². The van der Waals surface area contributed by atoms with Crippen LogP contribution in [-0.4, -0.2) is 46.0 Å². The fourth-order valence-electron chi connectivity index (χ4n) is 3.60. The van der Waals surface area contributed by atoms with Crippen molar-refractivity contribution in [3.63, 3.8) is 0 Å². The number of allylic oxidation sites excluding steroid dienone is 3. The van der Waals surface area contributed by atoms with Gasteiger partial charge >= 0.3 is 5.97 Å². The van der Waals surface area contributed by atoms with Crippen molar-refractivity contribution >= 4 is 17.6 Å². The van der Waals surface area contributed by atoms with Crippen molar-refractivity contribution < 1.29 is 9.53 Å². The molecule has 0 amide bonds. The molecule has 0 fully saturated rings. The molecule has 1 aliphatic carbocycles. The second-order valence-electron chi connectivity index (χ2n) is 6.99. The minimum Gasteiger partial charge on any atom is -0.465 e. The van der Waals surface area contributed by atoms with E-state index in [-0.39, 0.29) is 0 Å². The smallest absolute Gasteiger partial charge is 0.339 e. The lowest BCUT2D eigenvalue weighted by Gasteiger charge is -2.31. The highest BCUT2D eigenvalue weighted by atomic mass is 16.5. The third-order valence-corrected chi connectivity index (χ3v) is 5.08. The number of esters is 1. The monoisotopic (exact) mass is 377 g/mol. The minimum absolute atomic E-state index is 0.401. The van der Waals surface area contributed by atoms with Crippen LogP contribution >= 0.6 is 0 Å². The quantitative estimate of drug-likeness (QED) is 0.803. The van der Waals surface area contributed by atoms with Crippen molar-refractivity contribution in [2.24, 2.45) is 5.92 Å². The second-order valence-corrected chi connectivity index (χ2v) is 6.99. The number of hydrogen-bond acceptors (Lipinski definition) is 7. The van der Waals surface area contributed by atoms with Gasteiger partial charge in [-0.1, -0.05) is 24.3 Å². The van der Waals surface area contributed by atoms with Gasteiger partial charge in [0, 0.05) is 31.4 Å². The summed E-state index contributed by atoms with van der Waals surface area (Å²) in [6.45, 7) is 2.86. The summed E-state index contributed by atoms with van der Waals surface area (Å²) in [4.78, 5) is 27.2. The standard InChI is InChI=1S/C21H23N5O2/c1-28-21(27)16-7-8-19(22-11-16)25-20-17-9-10-26(13-18(17)23-14-24-20)12-15-5-3-2-4-6-15/h2-5,7-8,11,14-15H,6,9-10,12-13H2,1H3,(H,22,23,24,25). The molecule has 1 unspecified atom stereocenters. The molecule has 3 heterocycles. The second kappa shape index (κ2) is 8.31. The zero-order chi connectivity index (χ0) is 19.3. The molecule has 7 nitrogen and oxygen atoms in total. The highest BCUT2D eigenvalue weighted by Gasteiger charge is 2.22. The number of anilines is 2. The molecule has 1 atom stereocenters. The lowest BCUT2D eigenvalue weighted by atomic mass is 9.98. The average molecular weight is 377 g/mol.